The number of aliphatic hydroxyl groups is 1. The van der Waals surface area contributed by atoms with Crippen LogP contribution in [-0.4, -0.2) is 44.7 Å². The van der Waals surface area contributed by atoms with Crippen molar-refractivity contribution in [3.8, 4) is 0 Å². The number of nitrogens with zero attached hydrogens (tertiary/aromatic N) is 2. The highest BCUT2D eigenvalue weighted by Gasteiger charge is 2.23. The van der Waals surface area contributed by atoms with Gasteiger partial charge in [-0.2, -0.15) is 11.8 Å². The molecule has 1 rings (SSSR count). The van der Waals surface area contributed by atoms with Gasteiger partial charge >= 0.3 is 0 Å². The summed E-state index contributed by atoms with van der Waals surface area (Å²) in [6.07, 6.45) is 3.99. The van der Waals surface area contributed by atoms with Gasteiger partial charge < -0.3 is 15.0 Å². The lowest BCUT2D eigenvalue weighted by Gasteiger charge is -2.22. The molecule has 118 valence electrons. The highest BCUT2D eigenvalue weighted by Crippen LogP contribution is 2.17. The molecule has 0 saturated carbocycles. The van der Waals surface area contributed by atoms with Gasteiger partial charge in [0.1, 0.15) is 5.69 Å². The molecule has 7 nitrogen and oxygen atoms in total. The van der Waals surface area contributed by atoms with Gasteiger partial charge in [0.05, 0.1) is 16.7 Å². The van der Waals surface area contributed by atoms with Crippen LogP contribution in [0.25, 0.3) is 0 Å². The molecule has 21 heavy (non-hydrogen) atoms. The van der Waals surface area contributed by atoms with E-state index in [2.05, 4.69) is 5.32 Å². The van der Waals surface area contributed by atoms with Gasteiger partial charge in [0.2, 0.25) is 0 Å². The first-order valence-electron chi connectivity index (χ1n) is 6.65. The fourth-order valence-electron chi connectivity index (χ4n) is 1.93. The van der Waals surface area contributed by atoms with E-state index in [9.17, 15) is 20.0 Å². The molecule has 8 heteroatoms. The number of carbonyl (C=O) groups is 1. The molecule has 1 atom stereocenters. The quantitative estimate of drug-likeness (QED) is 0.561. The fourth-order valence-corrected chi connectivity index (χ4v) is 2.66. The minimum atomic E-state index is -1.01. The molecule has 1 aromatic heterocycles. The van der Waals surface area contributed by atoms with E-state index in [1.54, 1.807) is 11.5 Å². The number of thioether (sulfide) groups is 1. The molecule has 0 bridgehead atoms. The Morgan fingerprint density at radius 2 is 2.29 bits per heavy atom. The van der Waals surface area contributed by atoms with Gasteiger partial charge in [0.15, 0.2) is 0 Å². The number of amides is 1. The Hall–Kier alpha value is -1.54. The van der Waals surface area contributed by atoms with E-state index < -0.39 is 16.4 Å². The topological polar surface area (TPSA) is 97.4 Å². The van der Waals surface area contributed by atoms with E-state index in [1.807, 2.05) is 13.2 Å². The summed E-state index contributed by atoms with van der Waals surface area (Å²) in [5.41, 5.74) is -0.878. The first-order chi connectivity index (χ1) is 9.80. The van der Waals surface area contributed by atoms with E-state index in [1.165, 1.54) is 24.0 Å². The zero-order valence-corrected chi connectivity index (χ0v) is 13.3. The maximum Gasteiger partial charge on any atom is 0.287 e. The van der Waals surface area contributed by atoms with E-state index in [4.69, 9.17) is 0 Å². The van der Waals surface area contributed by atoms with Crippen LogP contribution in [0.1, 0.15) is 30.8 Å². The summed E-state index contributed by atoms with van der Waals surface area (Å²) in [5.74, 6) is 0.0709. The summed E-state index contributed by atoms with van der Waals surface area (Å²) in [7, 11) is 0. The molecule has 0 aliphatic carbocycles. The predicted octanol–water partition coefficient (Wildman–Crippen LogP) is 1.65. The third-order valence-corrected chi connectivity index (χ3v) is 3.79. The van der Waals surface area contributed by atoms with Crippen LogP contribution in [0.2, 0.25) is 0 Å². The molecule has 1 unspecified atom stereocenters. The van der Waals surface area contributed by atoms with Crippen LogP contribution in [0.15, 0.2) is 12.3 Å². The summed E-state index contributed by atoms with van der Waals surface area (Å²) >= 11 is 1.48. The summed E-state index contributed by atoms with van der Waals surface area (Å²) in [6.45, 7) is 4.18. The minimum Gasteiger partial charge on any atom is -0.387 e. The van der Waals surface area contributed by atoms with Crippen LogP contribution >= 0.6 is 11.8 Å². The third kappa shape index (κ3) is 5.05. The maximum atomic E-state index is 12.2. The number of aryl methyl sites for hydroxylation is 1. The van der Waals surface area contributed by atoms with Crippen LogP contribution in [0.3, 0.4) is 0 Å². The largest absolute Gasteiger partial charge is 0.387 e. The summed E-state index contributed by atoms with van der Waals surface area (Å²) in [4.78, 5) is 22.4. The van der Waals surface area contributed by atoms with Gasteiger partial charge in [-0.15, -0.1) is 0 Å². The highest BCUT2D eigenvalue weighted by atomic mass is 32.2. The Bertz CT molecular complexity index is 514. The van der Waals surface area contributed by atoms with Crippen LogP contribution in [0, 0.1) is 10.1 Å². The van der Waals surface area contributed by atoms with E-state index in [-0.39, 0.29) is 17.9 Å². The smallest absolute Gasteiger partial charge is 0.287 e. The second kappa shape index (κ2) is 7.46. The average molecular weight is 315 g/mol. The third-order valence-electron chi connectivity index (χ3n) is 2.88. The van der Waals surface area contributed by atoms with E-state index in [0.717, 1.165) is 6.42 Å². The van der Waals surface area contributed by atoms with Crippen LogP contribution in [-0.2, 0) is 6.54 Å². The Balaban J connectivity index is 2.83. The van der Waals surface area contributed by atoms with Crippen molar-refractivity contribution >= 4 is 23.4 Å². The van der Waals surface area contributed by atoms with Gasteiger partial charge in [-0.05, 0) is 19.6 Å². The zero-order valence-electron chi connectivity index (χ0n) is 12.5. The van der Waals surface area contributed by atoms with Crippen molar-refractivity contribution in [2.45, 2.75) is 32.4 Å². The van der Waals surface area contributed by atoms with Gasteiger partial charge in [0, 0.05) is 24.9 Å². The van der Waals surface area contributed by atoms with Crippen molar-refractivity contribution in [1.29, 1.82) is 0 Å². The Kier molecular flexibility index (Phi) is 6.22. The second-order valence-corrected chi connectivity index (χ2v) is 6.01. The number of aromatic nitrogens is 1. The van der Waals surface area contributed by atoms with Crippen LogP contribution in [0.5, 0.6) is 0 Å². The molecule has 0 fully saturated rings. The lowest BCUT2D eigenvalue weighted by molar-refractivity contribution is -0.384. The lowest BCUT2D eigenvalue weighted by atomic mass is 10.1. The number of hydrogen-bond acceptors (Lipinski definition) is 5. The SMILES string of the molecule is CCCn1cc([N+](=O)[O-])cc1C(=O)NCC(C)(O)CSC. The molecule has 0 spiro atoms. The van der Waals surface area contributed by atoms with Crippen LogP contribution < -0.4 is 5.32 Å². The molecular formula is C13H21N3O4S. The first kappa shape index (κ1) is 17.5. The van der Waals surface area contributed by atoms with Crippen molar-refractivity contribution in [3.63, 3.8) is 0 Å². The monoisotopic (exact) mass is 315 g/mol. The summed E-state index contributed by atoms with van der Waals surface area (Å²) in [5, 5.41) is 23.5. The highest BCUT2D eigenvalue weighted by molar-refractivity contribution is 7.98. The predicted molar refractivity (Wildman–Crippen MR) is 82.7 cm³/mol. The number of carbonyl (C=O) groups excluding carboxylic acids is 1. The molecule has 1 amide bonds. The molecule has 0 aromatic carbocycles. The van der Waals surface area contributed by atoms with Gasteiger partial charge in [-0.25, -0.2) is 0 Å². The number of nitro groups is 1. The fraction of sp³-hybridized carbons (Fsp3) is 0.615. The molecule has 0 saturated heterocycles. The molecular weight excluding hydrogens is 294 g/mol. The normalized spacial score (nSPS) is 13.7. The van der Waals surface area contributed by atoms with Crippen molar-refractivity contribution < 1.29 is 14.8 Å². The van der Waals surface area contributed by atoms with Crippen molar-refractivity contribution in [1.82, 2.24) is 9.88 Å². The van der Waals surface area contributed by atoms with Crippen molar-refractivity contribution in [2.75, 3.05) is 18.6 Å². The summed E-state index contributed by atoms with van der Waals surface area (Å²) < 4.78 is 1.57. The standard InChI is InChI=1S/C13H21N3O4S/c1-4-5-15-7-10(16(19)20)6-11(15)12(17)14-8-13(2,18)9-21-3/h6-7,18H,4-5,8-9H2,1-3H3,(H,14,17). The van der Waals surface area contributed by atoms with Gasteiger partial charge in [0.25, 0.3) is 11.6 Å². The van der Waals surface area contributed by atoms with Crippen molar-refractivity contribution in [2.24, 2.45) is 0 Å². The second-order valence-electron chi connectivity index (χ2n) is 5.15. The molecule has 0 aliphatic heterocycles. The first-order valence-corrected chi connectivity index (χ1v) is 8.04. The van der Waals surface area contributed by atoms with Crippen molar-refractivity contribution in [3.05, 3.63) is 28.1 Å². The number of hydrogen-bond donors (Lipinski definition) is 2. The maximum absolute atomic E-state index is 12.2. The number of rotatable bonds is 8. The van der Waals surface area contributed by atoms with E-state index >= 15 is 0 Å². The number of nitrogens with one attached hydrogen (secondary N) is 1. The zero-order chi connectivity index (χ0) is 16.0. The molecule has 2 N–H and O–H groups in total. The Morgan fingerprint density at radius 3 is 2.81 bits per heavy atom. The summed E-state index contributed by atoms with van der Waals surface area (Å²) in [6, 6.07) is 1.26. The molecule has 1 aromatic rings. The molecule has 0 aliphatic rings. The van der Waals surface area contributed by atoms with E-state index in [0.29, 0.717) is 12.3 Å². The Labute approximate surface area is 127 Å². The van der Waals surface area contributed by atoms with Gasteiger partial charge in [-0.3, -0.25) is 14.9 Å². The Morgan fingerprint density at radius 1 is 1.62 bits per heavy atom. The molecule has 0 radical (unpaired) electrons. The van der Waals surface area contributed by atoms with Gasteiger partial charge in [-0.1, -0.05) is 6.92 Å². The average Bonchev–Trinajstić information content (AvgIpc) is 2.81. The molecule has 1 heterocycles. The van der Waals surface area contributed by atoms with Crippen LogP contribution in [0.4, 0.5) is 5.69 Å². The minimum absolute atomic E-state index is 0.0950. The lowest BCUT2D eigenvalue weighted by Crippen LogP contribution is -2.42.